The second kappa shape index (κ2) is 15.0. The van der Waals surface area contributed by atoms with E-state index in [2.05, 4.69) is 176 Å². The Morgan fingerprint density at radius 2 is 1.25 bits per heavy atom. The Hall–Kier alpha value is -8.21. The Morgan fingerprint density at radius 3 is 2.06 bits per heavy atom. The number of benzene rings is 8. The van der Waals surface area contributed by atoms with Crippen molar-refractivity contribution in [2.24, 2.45) is 0 Å². The number of ether oxygens (including phenoxy) is 1. The summed E-state index contributed by atoms with van der Waals surface area (Å²) in [6.45, 7) is 6.56. The zero-order valence-electron chi connectivity index (χ0n) is 35.3. The van der Waals surface area contributed by atoms with E-state index in [9.17, 15) is 0 Å². The van der Waals surface area contributed by atoms with Crippen LogP contribution >= 0.6 is 0 Å². The largest absolute Gasteiger partial charge is 0.457 e. The second-order valence-electron chi connectivity index (χ2n) is 16.8. The van der Waals surface area contributed by atoms with E-state index in [4.69, 9.17) is 19.7 Å². The summed E-state index contributed by atoms with van der Waals surface area (Å²) in [7, 11) is 0. The Bertz CT molecular complexity index is 3440. The highest BCUT2D eigenvalue weighted by atomic mass is 16.5. The molecule has 3 aliphatic rings. The smallest absolute Gasteiger partial charge is 0.164 e. The van der Waals surface area contributed by atoms with Crippen molar-refractivity contribution in [1.82, 2.24) is 15.0 Å². The molecule has 0 amide bonds. The van der Waals surface area contributed by atoms with Crippen LogP contribution < -0.4 is 4.74 Å². The van der Waals surface area contributed by atoms with Gasteiger partial charge in [0.05, 0.1) is 5.41 Å². The number of allylic oxidation sites excluding steroid dienone is 6. The molecule has 302 valence electrons. The molecule has 1 aromatic heterocycles. The minimum atomic E-state index is -0.518. The molecule has 1 spiro atoms. The van der Waals surface area contributed by atoms with Gasteiger partial charge in [0, 0.05) is 22.3 Å². The molecule has 0 unspecified atom stereocenters. The normalized spacial score (nSPS) is 13.9. The average Bonchev–Trinajstić information content (AvgIpc) is 3.64. The first kappa shape index (κ1) is 37.5. The number of aromatic nitrogens is 3. The topological polar surface area (TPSA) is 47.9 Å². The molecule has 8 aromatic carbocycles. The number of hydrogen-bond acceptors (Lipinski definition) is 4. The third-order valence-corrected chi connectivity index (χ3v) is 13.1. The number of para-hydroxylation sites is 1. The molecule has 0 bridgehead atoms. The number of rotatable bonds is 7. The number of fused-ring (bicyclic) bond motifs is 9. The maximum atomic E-state index is 6.69. The van der Waals surface area contributed by atoms with Gasteiger partial charge in [-0.25, -0.2) is 15.0 Å². The SMILES string of the molecule is C=C(/C=C\C=C(/C)c1nc(-c2ccccc2)nc(-c2cc3c4c(cccc4c2)CC=C3)n1)c1cccc(-c2ccc3c(c2)C2(c4ccccc4O3)c3ccccc3-c3ccccc32)c1. The van der Waals surface area contributed by atoms with Gasteiger partial charge in [-0.2, -0.15) is 0 Å². The van der Waals surface area contributed by atoms with Gasteiger partial charge in [-0.15, -0.1) is 0 Å². The van der Waals surface area contributed by atoms with Crippen molar-refractivity contribution in [3.63, 3.8) is 0 Å². The van der Waals surface area contributed by atoms with Gasteiger partial charge in [-0.05, 0) is 122 Å². The minimum Gasteiger partial charge on any atom is -0.457 e. The lowest BCUT2D eigenvalue weighted by Gasteiger charge is -2.39. The van der Waals surface area contributed by atoms with Crippen LogP contribution in [0.1, 0.15) is 51.7 Å². The summed E-state index contributed by atoms with van der Waals surface area (Å²) >= 11 is 0. The fourth-order valence-corrected chi connectivity index (χ4v) is 10.1. The lowest BCUT2D eigenvalue weighted by molar-refractivity contribution is 0.436. The van der Waals surface area contributed by atoms with Gasteiger partial charge >= 0.3 is 0 Å². The first-order chi connectivity index (χ1) is 31.5. The summed E-state index contributed by atoms with van der Waals surface area (Å²) in [5.41, 5.74) is 16.4. The fraction of sp³-hybridized carbons (Fsp3) is 0.0500. The van der Waals surface area contributed by atoms with Crippen molar-refractivity contribution in [3.05, 3.63) is 252 Å². The molecule has 0 saturated heterocycles. The van der Waals surface area contributed by atoms with E-state index in [0.717, 1.165) is 68.0 Å². The molecule has 0 N–H and O–H groups in total. The van der Waals surface area contributed by atoms with Crippen molar-refractivity contribution in [2.75, 3.05) is 0 Å². The van der Waals surface area contributed by atoms with E-state index in [1.807, 2.05) is 43.3 Å². The third-order valence-electron chi connectivity index (χ3n) is 13.1. The first-order valence-electron chi connectivity index (χ1n) is 21.8. The quantitative estimate of drug-likeness (QED) is 0.150. The molecule has 0 saturated carbocycles. The molecule has 2 heterocycles. The summed E-state index contributed by atoms with van der Waals surface area (Å²) in [4.78, 5) is 15.1. The van der Waals surface area contributed by atoms with Gasteiger partial charge < -0.3 is 4.74 Å². The van der Waals surface area contributed by atoms with Crippen molar-refractivity contribution < 1.29 is 4.74 Å². The van der Waals surface area contributed by atoms with Crippen molar-refractivity contribution in [3.8, 4) is 56.5 Å². The summed E-state index contributed by atoms with van der Waals surface area (Å²) in [5.74, 6) is 3.68. The van der Waals surface area contributed by atoms with Crippen LogP contribution in [0.25, 0.3) is 73.0 Å². The van der Waals surface area contributed by atoms with Crippen LogP contribution in [-0.2, 0) is 11.8 Å². The first-order valence-corrected chi connectivity index (χ1v) is 21.8. The van der Waals surface area contributed by atoms with Gasteiger partial charge in [0.1, 0.15) is 11.5 Å². The lowest BCUT2D eigenvalue weighted by atomic mass is 9.66. The zero-order chi connectivity index (χ0) is 42.8. The highest BCUT2D eigenvalue weighted by Gasteiger charge is 2.51. The molecule has 0 atom stereocenters. The molecule has 12 rings (SSSR count). The Morgan fingerprint density at radius 1 is 0.578 bits per heavy atom. The molecular formula is C60H41N3O. The van der Waals surface area contributed by atoms with Crippen molar-refractivity contribution in [1.29, 1.82) is 0 Å². The second-order valence-corrected chi connectivity index (χ2v) is 16.8. The third kappa shape index (κ3) is 6.02. The predicted molar refractivity (Wildman–Crippen MR) is 262 cm³/mol. The van der Waals surface area contributed by atoms with E-state index in [0.29, 0.717) is 17.5 Å². The van der Waals surface area contributed by atoms with Gasteiger partial charge in [0.15, 0.2) is 17.5 Å². The van der Waals surface area contributed by atoms with Crippen LogP contribution in [0.5, 0.6) is 11.5 Å². The predicted octanol–water partition coefficient (Wildman–Crippen LogP) is 14.7. The van der Waals surface area contributed by atoms with Crippen LogP contribution in [0.3, 0.4) is 0 Å². The molecule has 4 heteroatoms. The highest BCUT2D eigenvalue weighted by molar-refractivity contribution is 5.98. The molecular weight excluding hydrogens is 779 g/mol. The maximum Gasteiger partial charge on any atom is 0.164 e. The summed E-state index contributed by atoms with van der Waals surface area (Å²) < 4.78 is 6.69. The minimum absolute atomic E-state index is 0.518. The lowest BCUT2D eigenvalue weighted by Crippen LogP contribution is -2.32. The van der Waals surface area contributed by atoms with Crippen LogP contribution in [0.4, 0.5) is 0 Å². The molecule has 0 radical (unpaired) electrons. The van der Waals surface area contributed by atoms with Crippen LogP contribution in [-0.4, -0.2) is 15.0 Å². The molecule has 2 aliphatic carbocycles. The summed E-state index contributed by atoms with van der Waals surface area (Å²) in [5, 5.41) is 2.49. The highest BCUT2D eigenvalue weighted by Crippen LogP contribution is 2.62. The Labute approximate surface area is 373 Å². The van der Waals surface area contributed by atoms with E-state index in [1.54, 1.807) is 0 Å². The van der Waals surface area contributed by atoms with Crippen LogP contribution in [0.15, 0.2) is 207 Å². The van der Waals surface area contributed by atoms with E-state index >= 15 is 0 Å². The Kier molecular flexibility index (Phi) is 8.80. The molecule has 0 fully saturated rings. The van der Waals surface area contributed by atoms with Crippen molar-refractivity contribution in [2.45, 2.75) is 18.8 Å². The van der Waals surface area contributed by atoms with Crippen molar-refractivity contribution >= 4 is 28.0 Å². The molecule has 1 aliphatic heterocycles. The van der Waals surface area contributed by atoms with E-state index in [-0.39, 0.29) is 0 Å². The Balaban J connectivity index is 0.878. The number of hydrogen-bond donors (Lipinski definition) is 0. The summed E-state index contributed by atoms with van der Waals surface area (Å²) in [6.07, 6.45) is 11.5. The molecule has 9 aromatic rings. The van der Waals surface area contributed by atoms with Gasteiger partial charge in [-0.3, -0.25) is 0 Å². The maximum absolute atomic E-state index is 6.69. The zero-order valence-corrected chi connectivity index (χ0v) is 35.3. The van der Waals surface area contributed by atoms with E-state index in [1.165, 1.54) is 44.2 Å². The average molecular weight is 820 g/mol. The van der Waals surface area contributed by atoms with Crippen LogP contribution in [0.2, 0.25) is 0 Å². The van der Waals surface area contributed by atoms with Gasteiger partial charge in [0.25, 0.3) is 0 Å². The molecule has 4 nitrogen and oxygen atoms in total. The van der Waals surface area contributed by atoms with Gasteiger partial charge in [-0.1, -0.05) is 176 Å². The monoisotopic (exact) mass is 819 g/mol. The molecule has 64 heavy (non-hydrogen) atoms. The van der Waals surface area contributed by atoms with E-state index < -0.39 is 5.41 Å². The van der Waals surface area contributed by atoms with Gasteiger partial charge in [0.2, 0.25) is 0 Å². The number of nitrogens with zero attached hydrogens (tertiary/aromatic N) is 3. The van der Waals surface area contributed by atoms with Crippen LogP contribution in [0, 0.1) is 0 Å². The summed E-state index contributed by atoms with van der Waals surface area (Å²) in [6, 6.07) is 62.5. The fourth-order valence-electron chi connectivity index (χ4n) is 10.1. The standard InChI is InChI=1S/C60H41N3O/c1-38(16-12-17-39(2)57-61-58(41-18-4-3-5-19-41)63-59(62-57)47-35-45-24-13-20-40-21-14-25-46(36-47)56(40)45)42-22-15-23-43(34-42)44-32-33-55-53(37-44)60(52-30-10-11-31-54(52)64-55)50-28-8-6-26-48(50)49-27-7-9-29-51(49)60/h3-20,22-37H,1,21H2,2H3/b16-12-,39-17+.